The average molecular weight is 209 g/mol. The van der Waals surface area contributed by atoms with Crippen LogP contribution in [-0.4, -0.2) is 23.9 Å². The summed E-state index contributed by atoms with van der Waals surface area (Å²) in [6.45, 7) is -0.0395. The molecule has 4 heteroatoms. The lowest BCUT2D eigenvalue weighted by atomic mass is 10.1. The fourth-order valence-electron chi connectivity index (χ4n) is 1.24. The molecule has 0 radical (unpaired) electrons. The lowest BCUT2D eigenvalue weighted by Crippen LogP contribution is -2.22. The van der Waals surface area contributed by atoms with Gasteiger partial charge in [-0.15, -0.1) is 0 Å². The van der Waals surface area contributed by atoms with Gasteiger partial charge in [-0.1, -0.05) is 30.3 Å². The summed E-state index contributed by atoms with van der Waals surface area (Å²) in [7, 11) is 0. The molecule has 1 rings (SSSR count). The summed E-state index contributed by atoms with van der Waals surface area (Å²) in [5, 5.41) is 9.43. The van der Waals surface area contributed by atoms with Gasteiger partial charge >= 0.3 is 6.09 Å². The maximum atomic E-state index is 10.3. The minimum atomic E-state index is -0.853. The maximum Gasteiger partial charge on any atom is 0.404 e. The Morgan fingerprint density at radius 1 is 1.40 bits per heavy atom. The molecule has 1 unspecified atom stereocenters. The van der Waals surface area contributed by atoms with E-state index in [1.165, 1.54) is 0 Å². The van der Waals surface area contributed by atoms with Crippen molar-refractivity contribution in [2.45, 2.75) is 18.9 Å². The van der Waals surface area contributed by atoms with E-state index in [2.05, 4.69) is 4.74 Å². The summed E-state index contributed by atoms with van der Waals surface area (Å²) in [6.07, 6.45) is -0.201. The molecule has 0 bridgehead atoms. The zero-order valence-electron chi connectivity index (χ0n) is 8.43. The number of carbonyl (C=O) groups is 1. The van der Waals surface area contributed by atoms with Crippen LogP contribution in [0.1, 0.15) is 12.0 Å². The standard InChI is InChI=1S/C11H15NO3/c12-11(14)15-8-10(13)7-6-9-4-2-1-3-5-9/h1-5,10,13H,6-8H2,(H2,12,14). The fourth-order valence-corrected chi connectivity index (χ4v) is 1.24. The Morgan fingerprint density at radius 3 is 2.67 bits per heavy atom. The van der Waals surface area contributed by atoms with Crippen LogP contribution in [0.25, 0.3) is 0 Å². The molecule has 0 aliphatic carbocycles. The Hall–Kier alpha value is -1.55. The number of aliphatic hydroxyl groups excluding tert-OH is 1. The lowest BCUT2D eigenvalue weighted by Gasteiger charge is -2.09. The quantitative estimate of drug-likeness (QED) is 0.762. The van der Waals surface area contributed by atoms with E-state index in [-0.39, 0.29) is 6.61 Å². The molecule has 0 saturated heterocycles. The topological polar surface area (TPSA) is 72.6 Å². The molecule has 15 heavy (non-hydrogen) atoms. The second-order valence-corrected chi connectivity index (χ2v) is 3.31. The van der Waals surface area contributed by atoms with E-state index in [4.69, 9.17) is 5.73 Å². The Balaban J connectivity index is 2.22. The number of benzene rings is 1. The highest BCUT2D eigenvalue weighted by atomic mass is 16.6. The highest BCUT2D eigenvalue weighted by Gasteiger charge is 2.06. The summed E-state index contributed by atoms with van der Waals surface area (Å²) < 4.78 is 4.48. The van der Waals surface area contributed by atoms with E-state index in [1.54, 1.807) is 0 Å². The first-order valence-corrected chi connectivity index (χ1v) is 4.82. The van der Waals surface area contributed by atoms with Crippen molar-refractivity contribution in [2.24, 2.45) is 5.73 Å². The Morgan fingerprint density at radius 2 is 2.07 bits per heavy atom. The molecule has 1 amide bonds. The molecule has 0 spiro atoms. The van der Waals surface area contributed by atoms with Gasteiger partial charge < -0.3 is 15.6 Å². The monoisotopic (exact) mass is 209 g/mol. The van der Waals surface area contributed by atoms with Crippen molar-refractivity contribution in [3.05, 3.63) is 35.9 Å². The second-order valence-electron chi connectivity index (χ2n) is 3.31. The number of rotatable bonds is 5. The Labute approximate surface area is 88.7 Å². The third-order valence-corrected chi connectivity index (χ3v) is 2.03. The Bertz CT molecular complexity index is 300. The number of hydrogen-bond donors (Lipinski definition) is 2. The molecule has 1 atom stereocenters. The number of primary amides is 1. The van der Waals surface area contributed by atoms with E-state index < -0.39 is 12.2 Å². The van der Waals surface area contributed by atoms with E-state index in [9.17, 15) is 9.90 Å². The first kappa shape index (κ1) is 11.5. The summed E-state index contributed by atoms with van der Waals surface area (Å²) in [5.41, 5.74) is 5.92. The van der Waals surface area contributed by atoms with Crippen molar-refractivity contribution in [3.8, 4) is 0 Å². The predicted octanol–water partition coefficient (Wildman–Crippen LogP) is 1.08. The lowest BCUT2D eigenvalue weighted by molar-refractivity contribution is 0.0682. The van der Waals surface area contributed by atoms with Gasteiger partial charge in [-0.25, -0.2) is 4.79 Å². The third-order valence-electron chi connectivity index (χ3n) is 2.03. The zero-order valence-corrected chi connectivity index (χ0v) is 8.43. The Kier molecular flexibility index (Phi) is 4.63. The normalized spacial score (nSPS) is 12.1. The fraction of sp³-hybridized carbons (Fsp3) is 0.364. The van der Waals surface area contributed by atoms with Gasteiger partial charge in [0.15, 0.2) is 0 Å². The molecule has 1 aromatic carbocycles. The van der Waals surface area contributed by atoms with Gasteiger partial charge in [-0.2, -0.15) is 0 Å². The van der Waals surface area contributed by atoms with Crippen LogP contribution in [0.3, 0.4) is 0 Å². The van der Waals surface area contributed by atoms with Gasteiger partial charge in [-0.05, 0) is 18.4 Å². The number of nitrogens with two attached hydrogens (primary N) is 1. The van der Waals surface area contributed by atoms with Crippen LogP contribution in [-0.2, 0) is 11.2 Å². The van der Waals surface area contributed by atoms with Crippen molar-refractivity contribution in [3.63, 3.8) is 0 Å². The molecule has 0 aliphatic rings. The van der Waals surface area contributed by atoms with Gasteiger partial charge in [-0.3, -0.25) is 0 Å². The van der Waals surface area contributed by atoms with Crippen LogP contribution in [0.5, 0.6) is 0 Å². The van der Waals surface area contributed by atoms with Crippen molar-refractivity contribution in [2.75, 3.05) is 6.61 Å². The van der Waals surface area contributed by atoms with Gasteiger partial charge in [0.05, 0.1) is 6.10 Å². The van der Waals surface area contributed by atoms with Crippen molar-refractivity contribution in [1.29, 1.82) is 0 Å². The van der Waals surface area contributed by atoms with E-state index >= 15 is 0 Å². The SMILES string of the molecule is NC(=O)OCC(O)CCc1ccccc1. The van der Waals surface area contributed by atoms with Crippen molar-refractivity contribution < 1.29 is 14.6 Å². The number of carbonyl (C=O) groups excluding carboxylic acids is 1. The molecule has 0 heterocycles. The summed E-state index contributed by atoms with van der Waals surface area (Å²) in [5.74, 6) is 0. The molecule has 0 aliphatic heterocycles. The first-order valence-electron chi connectivity index (χ1n) is 4.82. The molecule has 0 fully saturated rings. The number of ether oxygens (including phenoxy) is 1. The van der Waals surface area contributed by atoms with Crippen LogP contribution >= 0.6 is 0 Å². The minimum Gasteiger partial charge on any atom is -0.447 e. The molecule has 0 aromatic heterocycles. The highest BCUT2D eigenvalue weighted by Crippen LogP contribution is 2.05. The molecule has 0 saturated carbocycles. The molecule has 4 nitrogen and oxygen atoms in total. The predicted molar refractivity (Wildman–Crippen MR) is 56.3 cm³/mol. The zero-order chi connectivity index (χ0) is 11.1. The number of amides is 1. The summed E-state index contributed by atoms with van der Waals surface area (Å²) in [6, 6.07) is 9.81. The maximum absolute atomic E-state index is 10.3. The molecular formula is C11H15NO3. The molecule has 1 aromatic rings. The van der Waals surface area contributed by atoms with Gasteiger partial charge in [0.2, 0.25) is 0 Å². The van der Waals surface area contributed by atoms with Crippen LogP contribution < -0.4 is 5.73 Å². The van der Waals surface area contributed by atoms with Crippen LogP contribution in [0.15, 0.2) is 30.3 Å². The average Bonchev–Trinajstić information content (AvgIpc) is 2.25. The van der Waals surface area contributed by atoms with Crippen molar-refractivity contribution in [1.82, 2.24) is 0 Å². The van der Waals surface area contributed by atoms with Crippen LogP contribution in [0, 0.1) is 0 Å². The summed E-state index contributed by atoms with van der Waals surface area (Å²) in [4.78, 5) is 10.3. The number of aliphatic hydroxyl groups is 1. The summed E-state index contributed by atoms with van der Waals surface area (Å²) >= 11 is 0. The largest absolute Gasteiger partial charge is 0.447 e. The minimum absolute atomic E-state index is 0.0395. The van der Waals surface area contributed by atoms with Gasteiger partial charge in [0.1, 0.15) is 6.61 Å². The third kappa shape index (κ3) is 5.02. The number of hydrogen-bond acceptors (Lipinski definition) is 3. The molecular weight excluding hydrogens is 194 g/mol. The van der Waals surface area contributed by atoms with Gasteiger partial charge in [0, 0.05) is 0 Å². The van der Waals surface area contributed by atoms with Gasteiger partial charge in [0.25, 0.3) is 0 Å². The molecule has 3 N–H and O–H groups in total. The number of aryl methyl sites for hydroxylation is 1. The van der Waals surface area contributed by atoms with E-state index in [0.717, 1.165) is 12.0 Å². The van der Waals surface area contributed by atoms with Crippen molar-refractivity contribution >= 4 is 6.09 Å². The van der Waals surface area contributed by atoms with Crippen LogP contribution in [0.4, 0.5) is 4.79 Å². The second kappa shape index (κ2) is 6.03. The molecule has 82 valence electrons. The van der Waals surface area contributed by atoms with Crippen LogP contribution in [0.2, 0.25) is 0 Å². The smallest absolute Gasteiger partial charge is 0.404 e. The highest BCUT2D eigenvalue weighted by molar-refractivity contribution is 5.64. The van der Waals surface area contributed by atoms with E-state index in [1.807, 2.05) is 30.3 Å². The first-order chi connectivity index (χ1) is 7.18. The van der Waals surface area contributed by atoms with E-state index in [0.29, 0.717) is 6.42 Å².